The van der Waals surface area contributed by atoms with Crippen LogP contribution in [0, 0.1) is 5.82 Å². The molecule has 2 saturated heterocycles. The number of halogens is 2. The molecule has 2 amide bonds. The van der Waals surface area contributed by atoms with Gasteiger partial charge in [0.15, 0.2) is 0 Å². The third-order valence-electron chi connectivity index (χ3n) is 3.57. The zero-order valence-electron chi connectivity index (χ0n) is 10.1. The molecular weight excluding hydrogens is 271 g/mol. The first-order valence-corrected chi connectivity index (χ1v) is 6.55. The summed E-state index contributed by atoms with van der Waals surface area (Å²) in [6, 6.07) is 4.17. The second-order valence-electron chi connectivity index (χ2n) is 4.70. The standard InChI is InChI=1S/C13H12ClFN2O2/c14-8-4-3-5-9(15)10(8)11-12(18)16-6-1-2-7-17(16)13(11)19/h3-5,11H,1-2,6-7H2. The molecular formula is C13H12ClFN2O2. The van der Waals surface area contributed by atoms with Crippen molar-refractivity contribution >= 4 is 23.4 Å². The molecule has 0 unspecified atom stereocenters. The molecule has 19 heavy (non-hydrogen) atoms. The van der Waals surface area contributed by atoms with E-state index in [0.29, 0.717) is 13.1 Å². The van der Waals surface area contributed by atoms with E-state index in [1.807, 2.05) is 0 Å². The normalized spacial score (nSPS) is 20.1. The van der Waals surface area contributed by atoms with Gasteiger partial charge in [-0.25, -0.2) is 4.39 Å². The lowest BCUT2D eigenvalue weighted by Crippen LogP contribution is -2.45. The molecule has 0 bridgehead atoms. The van der Waals surface area contributed by atoms with E-state index in [1.54, 1.807) is 0 Å². The number of carbonyl (C=O) groups excluding carboxylic acids is 2. The zero-order chi connectivity index (χ0) is 13.6. The number of hydrogen-bond acceptors (Lipinski definition) is 2. The van der Waals surface area contributed by atoms with Crippen LogP contribution >= 0.6 is 11.6 Å². The molecule has 0 atom stereocenters. The second-order valence-corrected chi connectivity index (χ2v) is 5.11. The summed E-state index contributed by atoms with van der Waals surface area (Å²) < 4.78 is 13.9. The molecule has 2 heterocycles. The number of hydrogen-bond donors (Lipinski definition) is 0. The van der Waals surface area contributed by atoms with Crippen LogP contribution in [0.25, 0.3) is 0 Å². The van der Waals surface area contributed by atoms with Gasteiger partial charge in [-0.2, -0.15) is 0 Å². The van der Waals surface area contributed by atoms with Gasteiger partial charge in [0, 0.05) is 23.7 Å². The van der Waals surface area contributed by atoms with Crippen molar-refractivity contribution in [2.75, 3.05) is 13.1 Å². The molecule has 0 saturated carbocycles. The summed E-state index contributed by atoms with van der Waals surface area (Å²) in [5.74, 6) is -2.50. The van der Waals surface area contributed by atoms with Crippen molar-refractivity contribution in [1.29, 1.82) is 0 Å². The highest BCUT2D eigenvalue weighted by Crippen LogP contribution is 2.36. The van der Waals surface area contributed by atoms with Gasteiger partial charge >= 0.3 is 0 Å². The zero-order valence-corrected chi connectivity index (χ0v) is 10.9. The molecule has 2 aliphatic heterocycles. The fraction of sp³-hybridized carbons (Fsp3) is 0.385. The van der Waals surface area contributed by atoms with Gasteiger partial charge in [0.1, 0.15) is 11.7 Å². The van der Waals surface area contributed by atoms with Crippen LogP contribution in [-0.2, 0) is 9.59 Å². The highest BCUT2D eigenvalue weighted by atomic mass is 35.5. The van der Waals surface area contributed by atoms with Crippen molar-refractivity contribution < 1.29 is 14.0 Å². The average molecular weight is 283 g/mol. The molecule has 4 nitrogen and oxygen atoms in total. The van der Waals surface area contributed by atoms with Crippen molar-refractivity contribution in [1.82, 2.24) is 10.0 Å². The van der Waals surface area contributed by atoms with E-state index in [0.717, 1.165) is 12.8 Å². The van der Waals surface area contributed by atoms with Gasteiger partial charge in [-0.15, -0.1) is 0 Å². The third-order valence-corrected chi connectivity index (χ3v) is 3.90. The summed E-state index contributed by atoms with van der Waals surface area (Å²) in [6.07, 6.45) is 1.71. The van der Waals surface area contributed by atoms with E-state index in [-0.39, 0.29) is 22.4 Å². The second kappa shape index (κ2) is 4.49. The first kappa shape index (κ1) is 12.4. The number of fused-ring (bicyclic) bond motifs is 1. The van der Waals surface area contributed by atoms with Crippen molar-refractivity contribution in [2.45, 2.75) is 18.8 Å². The van der Waals surface area contributed by atoms with Crippen LogP contribution < -0.4 is 0 Å². The predicted octanol–water partition coefficient (Wildman–Crippen LogP) is 1.94. The van der Waals surface area contributed by atoms with Crippen LogP contribution in [-0.4, -0.2) is 34.9 Å². The Morgan fingerprint density at radius 3 is 2.21 bits per heavy atom. The molecule has 0 N–H and O–H groups in total. The van der Waals surface area contributed by atoms with Gasteiger partial charge in [-0.1, -0.05) is 17.7 Å². The van der Waals surface area contributed by atoms with E-state index < -0.39 is 11.7 Å². The Kier molecular flexibility index (Phi) is 2.93. The first-order valence-electron chi connectivity index (χ1n) is 6.18. The largest absolute Gasteiger partial charge is 0.272 e. The summed E-state index contributed by atoms with van der Waals surface area (Å²) in [7, 11) is 0. The molecule has 1 aromatic carbocycles. The van der Waals surface area contributed by atoms with Crippen LogP contribution in [0.2, 0.25) is 5.02 Å². The van der Waals surface area contributed by atoms with E-state index in [1.165, 1.54) is 28.2 Å². The molecule has 0 radical (unpaired) electrons. The highest BCUT2D eigenvalue weighted by molar-refractivity contribution is 6.32. The molecule has 0 aromatic heterocycles. The topological polar surface area (TPSA) is 40.6 Å². The highest BCUT2D eigenvalue weighted by Gasteiger charge is 2.48. The van der Waals surface area contributed by atoms with Gasteiger partial charge < -0.3 is 0 Å². The molecule has 6 heteroatoms. The van der Waals surface area contributed by atoms with Gasteiger partial charge in [0.05, 0.1) is 0 Å². The van der Waals surface area contributed by atoms with Gasteiger partial charge in [-0.3, -0.25) is 19.6 Å². The van der Waals surface area contributed by atoms with Gasteiger partial charge in [-0.05, 0) is 25.0 Å². The number of hydrazine groups is 1. The van der Waals surface area contributed by atoms with Crippen molar-refractivity contribution in [3.05, 3.63) is 34.6 Å². The van der Waals surface area contributed by atoms with Crippen LogP contribution in [0.4, 0.5) is 4.39 Å². The SMILES string of the molecule is O=C1C(c2c(F)cccc2Cl)C(=O)N2CCCCN12. The lowest BCUT2D eigenvalue weighted by Gasteiger charge is -2.31. The monoisotopic (exact) mass is 282 g/mol. The summed E-state index contributed by atoms with van der Waals surface area (Å²) in [5.41, 5.74) is -0.00596. The maximum atomic E-state index is 13.9. The first-order chi connectivity index (χ1) is 9.11. The van der Waals surface area contributed by atoms with Crippen molar-refractivity contribution in [3.63, 3.8) is 0 Å². The lowest BCUT2D eigenvalue weighted by atomic mass is 9.98. The average Bonchev–Trinajstić information content (AvgIpc) is 2.64. The number of nitrogens with zero attached hydrogens (tertiary/aromatic N) is 2. The minimum atomic E-state index is -1.13. The molecule has 3 rings (SSSR count). The number of benzene rings is 1. The summed E-state index contributed by atoms with van der Waals surface area (Å²) in [4.78, 5) is 24.6. The van der Waals surface area contributed by atoms with E-state index in [2.05, 4.69) is 0 Å². The predicted molar refractivity (Wildman–Crippen MR) is 66.8 cm³/mol. The van der Waals surface area contributed by atoms with E-state index in [4.69, 9.17) is 11.6 Å². The molecule has 0 spiro atoms. The molecule has 2 aliphatic rings. The Morgan fingerprint density at radius 1 is 1.11 bits per heavy atom. The Labute approximate surface area is 114 Å². The number of rotatable bonds is 1. The maximum Gasteiger partial charge on any atom is 0.258 e. The Bertz CT molecular complexity index is 519. The van der Waals surface area contributed by atoms with E-state index >= 15 is 0 Å². The fourth-order valence-electron chi connectivity index (χ4n) is 2.66. The number of carbonyl (C=O) groups is 2. The summed E-state index contributed by atoms with van der Waals surface area (Å²) in [5, 5.41) is 2.95. The molecule has 2 fully saturated rings. The minimum absolute atomic E-state index is 0.00596. The Balaban J connectivity index is 2.06. The minimum Gasteiger partial charge on any atom is -0.272 e. The lowest BCUT2D eigenvalue weighted by molar-refractivity contribution is -0.150. The quantitative estimate of drug-likeness (QED) is 0.739. The maximum absolute atomic E-state index is 13.9. The summed E-state index contributed by atoms with van der Waals surface area (Å²) in [6.45, 7) is 1.01. The van der Waals surface area contributed by atoms with Crippen LogP contribution in [0.3, 0.4) is 0 Å². The fourth-order valence-corrected chi connectivity index (χ4v) is 2.93. The Hall–Kier alpha value is -1.62. The molecule has 0 aliphatic carbocycles. The third kappa shape index (κ3) is 1.80. The van der Waals surface area contributed by atoms with Crippen LogP contribution in [0.15, 0.2) is 18.2 Å². The van der Waals surface area contributed by atoms with Gasteiger partial charge in [0.2, 0.25) is 0 Å². The van der Waals surface area contributed by atoms with Crippen LogP contribution in [0.5, 0.6) is 0 Å². The number of amides is 2. The van der Waals surface area contributed by atoms with Crippen LogP contribution in [0.1, 0.15) is 24.3 Å². The molecule has 100 valence electrons. The molecule has 1 aromatic rings. The smallest absolute Gasteiger partial charge is 0.258 e. The van der Waals surface area contributed by atoms with Crippen molar-refractivity contribution in [2.24, 2.45) is 0 Å². The van der Waals surface area contributed by atoms with Gasteiger partial charge in [0.25, 0.3) is 11.8 Å². The van der Waals surface area contributed by atoms with E-state index in [9.17, 15) is 14.0 Å². The van der Waals surface area contributed by atoms with Crippen molar-refractivity contribution in [3.8, 4) is 0 Å². The Morgan fingerprint density at radius 2 is 1.68 bits per heavy atom. The summed E-state index contributed by atoms with van der Waals surface area (Å²) >= 11 is 5.96.